The van der Waals surface area contributed by atoms with E-state index in [0.717, 1.165) is 54.3 Å². The second-order valence-corrected chi connectivity index (χ2v) is 19.7. The average molecular weight is 951 g/mol. The van der Waals surface area contributed by atoms with Crippen LogP contribution in [0.5, 0.6) is 0 Å². The van der Waals surface area contributed by atoms with Gasteiger partial charge in [0.1, 0.15) is 29.4 Å². The molecule has 4 N–H and O–H groups in total. The predicted octanol–water partition coefficient (Wildman–Crippen LogP) is 8.88. The number of fused-ring (bicyclic) bond motifs is 2. The molecule has 0 radical (unpaired) electrons. The van der Waals surface area contributed by atoms with Crippen LogP contribution in [-0.4, -0.2) is 106 Å². The molecule has 5 aromatic rings. The molecule has 0 unspecified atom stereocenters. The van der Waals surface area contributed by atoms with Gasteiger partial charge in [0, 0.05) is 31.9 Å². The van der Waals surface area contributed by atoms with Crippen molar-refractivity contribution in [3.63, 3.8) is 0 Å². The number of amides is 4. The number of aromatic nitrogens is 4. The van der Waals surface area contributed by atoms with Crippen LogP contribution in [0.4, 0.5) is 29.7 Å². The van der Waals surface area contributed by atoms with Gasteiger partial charge in [0.05, 0.1) is 60.5 Å². The van der Waals surface area contributed by atoms with Crippen LogP contribution in [0, 0.1) is 23.5 Å². The molecule has 9 rings (SSSR count). The Morgan fingerprint density at radius 1 is 0.609 bits per heavy atom. The summed E-state index contributed by atoms with van der Waals surface area (Å²) in [5, 5.41) is 5.42. The number of alkyl carbamates (subject to hydrolysis) is 2. The van der Waals surface area contributed by atoms with E-state index in [9.17, 15) is 19.2 Å². The number of imidazole rings is 2. The van der Waals surface area contributed by atoms with Gasteiger partial charge in [-0.05, 0) is 117 Å². The van der Waals surface area contributed by atoms with E-state index in [1.165, 1.54) is 26.4 Å². The average Bonchev–Trinajstić information content (AvgIpc) is 4.20. The second kappa shape index (κ2) is 19.9. The van der Waals surface area contributed by atoms with E-state index >= 15 is 8.78 Å². The third-order valence-corrected chi connectivity index (χ3v) is 14.7. The van der Waals surface area contributed by atoms with Gasteiger partial charge < -0.3 is 49.7 Å². The number of carbonyl (C=O) groups is 4. The number of methoxy groups -OCH3 is 2. The Bertz CT molecular complexity index is 2550. The van der Waals surface area contributed by atoms with E-state index in [2.05, 4.69) is 25.5 Å². The van der Waals surface area contributed by atoms with Gasteiger partial charge in [0.15, 0.2) is 11.6 Å². The van der Waals surface area contributed by atoms with Crippen LogP contribution in [0.15, 0.2) is 48.5 Å². The number of hydrogen-bond acceptors (Lipinski definition) is 10. The monoisotopic (exact) mass is 950 g/mol. The first-order valence-electron chi connectivity index (χ1n) is 24.6. The van der Waals surface area contributed by atoms with E-state index in [1.54, 1.807) is 9.80 Å². The van der Waals surface area contributed by atoms with Gasteiger partial charge >= 0.3 is 12.2 Å². The third-order valence-electron chi connectivity index (χ3n) is 14.7. The highest BCUT2D eigenvalue weighted by molar-refractivity contribution is 5.88. The van der Waals surface area contributed by atoms with E-state index in [0.29, 0.717) is 80.2 Å². The Morgan fingerprint density at radius 2 is 1.06 bits per heavy atom. The minimum atomic E-state index is -0.760. The summed E-state index contributed by atoms with van der Waals surface area (Å²) in [6, 6.07) is 12.3. The number of anilines is 2. The molecular formula is C51H64F2N10O6. The number of hydrogen-bond donors (Lipinski definition) is 4. The molecule has 4 aliphatic heterocycles. The van der Waals surface area contributed by atoms with Crippen LogP contribution >= 0.6 is 0 Å². The molecule has 69 heavy (non-hydrogen) atoms. The number of piperidine rings is 1. The van der Waals surface area contributed by atoms with Crippen LogP contribution in [0.1, 0.15) is 132 Å². The number of likely N-dealkylation sites (tertiary alicyclic amines) is 2. The number of rotatable bonds is 12. The minimum Gasteiger partial charge on any atom is -0.453 e. The highest BCUT2D eigenvalue weighted by Crippen LogP contribution is 2.49. The fraction of sp³-hybridized carbons (Fsp3) is 0.529. The maximum Gasteiger partial charge on any atom is 0.407 e. The molecule has 18 heteroatoms. The Morgan fingerprint density at radius 3 is 1.48 bits per heavy atom. The van der Waals surface area contributed by atoms with Crippen LogP contribution in [0.2, 0.25) is 0 Å². The van der Waals surface area contributed by atoms with Crippen molar-refractivity contribution >= 4 is 57.4 Å². The first-order chi connectivity index (χ1) is 33.2. The van der Waals surface area contributed by atoms with Crippen LogP contribution in [0.3, 0.4) is 0 Å². The van der Waals surface area contributed by atoms with E-state index < -0.39 is 35.9 Å². The first kappa shape index (κ1) is 47.6. The Labute approximate surface area is 400 Å². The molecule has 2 aromatic heterocycles. The lowest BCUT2D eigenvalue weighted by Gasteiger charge is -2.35. The maximum atomic E-state index is 16.4. The SMILES string of the molecule is COC(=O)N[C@H](C(=O)N1CCC[C@H]1c1nc2cc([C@H]3CC[C@H](c4ccc5[nH]c([C@@H]6CCCN6C(=O)[C@@H](NC(=O)OC)C(C)C)nc5c4)N3c3cc(F)c(N4CCCCC4)c(F)c3)ccc2[nH]1)C(C)C. The summed E-state index contributed by atoms with van der Waals surface area (Å²) >= 11 is 0. The van der Waals surface area contributed by atoms with Gasteiger partial charge in [-0.2, -0.15) is 0 Å². The fourth-order valence-electron chi connectivity index (χ4n) is 11.1. The van der Waals surface area contributed by atoms with Crippen molar-refractivity contribution in [3.05, 3.63) is 82.9 Å². The molecule has 6 atom stereocenters. The highest BCUT2D eigenvalue weighted by atomic mass is 19.1. The second-order valence-electron chi connectivity index (χ2n) is 19.7. The molecule has 0 spiro atoms. The van der Waals surface area contributed by atoms with Crippen LogP contribution in [-0.2, 0) is 19.1 Å². The summed E-state index contributed by atoms with van der Waals surface area (Å²) in [5.41, 5.74) is 5.33. The number of aromatic amines is 2. The van der Waals surface area contributed by atoms with Gasteiger partial charge in [0.2, 0.25) is 11.8 Å². The lowest BCUT2D eigenvalue weighted by atomic mass is 10.0. The fourth-order valence-corrected chi connectivity index (χ4v) is 11.1. The number of H-pyrrole nitrogens is 2. The Kier molecular flexibility index (Phi) is 13.7. The normalized spacial score (nSPS) is 21.7. The first-order valence-corrected chi connectivity index (χ1v) is 24.6. The molecule has 368 valence electrons. The number of nitrogens with zero attached hydrogens (tertiary/aromatic N) is 6. The summed E-state index contributed by atoms with van der Waals surface area (Å²) in [6.45, 7) is 9.79. The highest BCUT2D eigenvalue weighted by Gasteiger charge is 2.41. The molecular weight excluding hydrogens is 887 g/mol. The minimum absolute atomic E-state index is 0.0159. The predicted molar refractivity (Wildman–Crippen MR) is 258 cm³/mol. The summed E-state index contributed by atoms with van der Waals surface area (Å²) in [6.07, 6.45) is 5.80. The zero-order valence-corrected chi connectivity index (χ0v) is 40.3. The van der Waals surface area contributed by atoms with Gasteiger partial charge in [-0.25, -0.2) is 28.3 Å². The molecule has 6 heterocycles. The summed E-state index contributed by atoms with van der Waals surface area (Å²) < 4.78 is 42.4. The topological polar surface area (TPSA) is 181 Å². The van der Waals surface area contributed by atoms with Crippen LogP contribution in [0.25, 0.3) is 22.1 Å². The number of ether oxygens (including phenoxy) is 2. The van der Waals surface area contributed by atoms with Gasteiger partial charge in [0.25, 0.3) is 0 Å². The third kappa shape index (κ3) is 9.38. The van der Waals surface area contributed by atoms with Crippen LogP contribution < -0.4 is 20.4 Å². The van der Waals surface area contributed by atoms with E-state index in [4.69, 9.17) is 19.4 Å². The Hall–Kier alpha value is -6.46. The molecule has 4 saturated heterocycles. The van der Waals surface area contributed by atoms with Crippen molar-refractivity contribution in [2.45, 2.75) is 122 Å². The van der Waals surface area contributed by atoms with E-state index in [1.807, 2.05) is 69.0 Å². The largest absolute Gasteiger partial charge is 0.453 e. The van der Waals surface area contributed by atoms with Crippen molar-refractivity contribution in [1.82, 2.24) is 40.4 Å². The Balaban J connectivity index is 1.04. The zero-order valence-electron chi connectivity index (χ0n) is 40.3. The van der Waals surface area contributed by atoms with Crippen molar-refractivity contribution < 1.29 is 37.4 Å². The van der Waals surface area contributed by atoms with E-state index in [-0.39, 0.29) is 53.5 Å². The molecule has 0 aliphatic carbocycles. The number of carbonyl (C=O) groups excluding carboxylic acids is 4. The maximum absolute atomic E-state index is 16.4. The summed E-state index contributed by atoms with van der Waals surface area (Å²) in [7, 11) is 2.55. The van der Waals surface area contributed by atoms with Gasteiger partial charge in [-0.15, -0.1) is 0 Å². The number of halogens is 2. The molecule has 4 fully saturated rings. The summed E-state index contributed by atoms with van der Waals surface area (Å²) in [4.78, 5) is 76.8. The molecule has 4 aliphatic rings. The number of nitrogens with one attached hydrogen (secondary N) is 4. The van der Waals surface area contributed by atoms with Crippen molar-refractivity contribution in [3.8, 4) is 0 Å². The zero-order chi connectivity index (χ0) is 48.7. The molecule has 0 bridgehead atoms. The molecule has 16 nitrogen and oxygen atoms in total. The van der Waals surface area contributed by atoms with Gasteiger partial charge in [-0.1, -0.05) is 39.8 Å². The van der Waals surface area contributed by atoms with Crippen molar-refractivity contribution in [1.29, 1.82) is 0 Å². The van der Waals surface area contributed by atoms with Crippen molar-refractivity contribution in [2.75, 3.05) is 50.2 Å². The van der Waals surface area contributed by atoms with Crippen molar-refractivity contribution in [2.24, 2.45) is 11.8 Å². The molecule has 3 aromatic carbocycles. The standard InChI is InChI=1S/C51H64F2N10O6/c1-28(2)43(58-50(66)68-5)48(64)61-22-10-12-41(61)46-54-35-16-14-30(24-37(35)56-46)39-18-19-40(63(39)32-26-33(52)45(34(53)27-32)60-20-8-7-9-21-60)31-15-17-36-38(25-31)57-47(55-36)42-13-11-23-62(42)49(65)44(29(3)4)59-51(67)69-6/h14-17,24-29,39-44H,7-13,18-23H2,1-6H3,(H,54,56)(H,55,57)(H,58,66)(H,59,67)/t39-,40-,41+,42+,43+,44+/m1/s1. The number of benzene rings is 3. The quantitative estimate of drug-likeness (QED) is 0.0944. The lowest BCUT2D eigenvalue weighted by Crippen LogP contribution is -2.51. The smallest absolute Gasteiger partial charge is 0.407 e. The molecule has 0 saturated carbocycles. The molecule has 4 amide bonds. The summed E-state index contributed by atoms with van der Waals surface area (Å²) in [5.74, 6) is -0.598. The van der Waals surface area contributed by atoms with Gasteiger partial charge in [-0.3, -0.25) is 9.59 Å². The lowest BCUT2D eigenvalue weighted by molar-refractivity contribution is -0.136.